The average Bonchev–Trinajstić information content (AvgIpc) is 4.16. The van der Waals surface area contributed by atoms with E-state index in [0.717, 1.165) is 12.8 Å². The second kappa shape index (κ2) is 23.0. The summed E-state index contributed by atoms with van der Waals surface area (Å²) in [6, 6.07) is 3.91. The first kappa shape index (κ1) is 49.0. The number of carbonyl (C=O) groups is 6. The van der Waals surface area contributed by atoms with Crippen molar-refractivity contribution in [3.05, 3.63) is 82.6 Å². The minimum Gasteiger partial charge on any atom is -0.480 e. The smallest absolute Gasteiger partial charge is 0.323 e. The predicted octanol–water partition coefficient (Wildman–Crippen LogP) is 3.17. The molecule has 2 aliphatic carbocycles. The minimum atomic E-state index is -0.989. The van der Waals surface area contributed by atoms with Gasteiger partial charge >= 0.3 is 5.97 Å². The Kier molecular flexibility index (Phi) is 17.9. The fourth-order valence-corrected chi connectivity index (χ4v) is 6.49. The number of aromatic nitrogens is 10. The number of rotatable bonds is 16. The van der Waals surface area contributed by atoms with Crippen molar-refractivity contribution in [1.29, 1.82) is 0 Å². The molecule has 6 heterocycles. The molecule has 2 aliphatic rings. The predicted molar refractivity (Wildman–Crippen MR) is 237 cm³/mol. The van der Waals surface area contributed by atoms with Gasteiger partial charge in [-0.15, -0.1) is 0 Å². The molecule has 0 atom stereocenters. The number of carboxylic acids is 1. The summed E-state index contributed by atoms with van der Waals surface area (Å²) in [5.41, 5.74) is 6.84. The molecule has 6 aromatic heterocycles. The maximum atomic E-state index is 13.0. The first-order valence-corrected chi connectivity index (χ1v) is 20.1. The summed E-state index contributed by atoms with van der Waals surface area (Å²) in [6.45, 7) is 0.156. The van der Waals surface area contributed by atoms with E-state index < -0.39 is 11.9 Å². The highest BCUT2D eigenvalue weighted by Gasteiger charge is 2.34. The Balaban J connectivity index is 0.000000224. The summed E-state index contributed by atoms with van der Waals surface area (Å²) in [7, 11) is 0. The highest BCUT2D eigenvalue weighted by atomic mass is 79.9. The molecule has 0 aromatic carbocycles. The second-order valence-corrected chi connectivity index (χ2v) is 15.2. The van der Waals surface area contributed by atoms with E-state index >= 15 is 0 Å². The van der Waals surface area contributed by atoms with Gasteiger partial charge < -0.3 is 40.8 Å². The van der Waals surface area contributed by atoms with Crippen molar-refractivity contribution >= 4 is 101 Å². The Morgan fingerprint density at radius 2 is 1.48 bits per heavy atom. The van der Waals surface area contributed by atoms with Gasteiger partial charge in [0, 0.05) is 30.7 Å². The molecule has 0 spiro atoms. The highest BCUT2D eigenvalue weighted by molar-refractivity contribution is 9.10. The Morgan fingerprint density at radius 3 is 2.10 bits per heavy atom. The number of primary amides is 1. The van der Waals surface area contributed by atoms with E-state index in [1.165, 1.54) is 48.7 Å². The molecule has 332 valence electrons. The van der Waals surface area contributed by atoms with Gasteiger partial charge in [0.2, 0.25) is 18.2 Å². The molecular formula is C39H45Br2N15O7. The summed E-state index contributed by atoms with van der Waals surface area (Å²) in [4.78, 5) is 103. The van der Waals surface area contributed by atoms with Crippen molar-refractivity contribution in [3.63, 3.8) is 0 Å². The van der Waals surface area contributed by atoms with Crippen molar-refractivity contribution in [3.8, 4) is 0 Å². The van der Waals surface area contributed by atoms with Gasteiger partial charge in [0.15, 0.2) is 11.6 Å². The van der Waals surface area contributed by atoms with Crippen molar-refractivity contribution in [2.75, 3.05) is 23.7 Å². The van der Waals surface area contributed by atoms with Gasteiger partial charge in [-0.05, 0) is 69.7 Å². The summed E-state index contributed by atoms with van der Waals surface area (Å²) < 4.78 is 4.25. The number of ketones is 1. The van der Waals surface area contributed by atoms with Crippen molar-refractivity contribution < 1.29 is 33.9 Å². The molecule has 2 saturated carbocycles. The molecule has 4 amide bonds. The van der Waals surface area contributed by atoms with Gasteiger partial charge in [0.25, 0.3) is 5.91 Å². The molecule has 0 saturated heterocycles. The normalized spacial score (nSPS) is 12.5. The lowest BCUT2D eigenvalue weighted by Gasteiger charge is -2.22. The Labute approximate surface area is 377 Å². The van der Waals surface area contributed by atoms with Gasteiger partial charge in [-0.25, -0.2) is 29.9 Å². The van der Waals surface area contributed by atoms with Gasteiger partial charge in [0.1, 0.15) is 64.3 Å². The quantitative estimate of drug-likeness (QED) is 0.0870. The van der Waals surface area contributed by atoms with E-state index in [2.05, 4.69) is 87.7 Å². The molecule has 0 unspecified atom stereocenters. The van der Waals surface area contributed by atoms with Crippen LogP contribution in [0.2, 0.25) is 0 Å². The number of nitrogens with one attached hydrogen (secondary N) is 3. The number of halogens is 2. The molecule has 2 fully saturated rings. The summed E-state index contributed by atoms with van der Waals surface area (Å²) in [5, 5.41) is 18.1. The van der Waals surface area contributed by atoms with Crippen LogP contribution < -0.4 is 21.7 Å². The van der Waals surface area contributed by atoms with Crippen LogP contribution in [0.25, 0.3) is 22.1 Å². The number of nitrogens with two attached hydrogens (primary N) is 1. The van der Waals surface area contributed by atoms with Crippen LogP contribution in [0.3, 0.4) is 0 Å². The van der Waals surface area contributed by atoms with Crippen LogP contribution in [0, 0.1) is 0 Å². The molecule has 0 aliphatic heterocycles. The first-order valence-electron chi connectivity index (χ1n) is 18.5. The number of amides is 4. The van der Waals surface area contributed by atoms with Crippen LogP contribution in [-0.2, 0) is 43.5 Å². The van der Waals surface area contributed by atoms with Crippen LogP contribution in [0.5, 0.6) is 0 Å². The number of fused-ring (bicyclic) bond motifs is 2. The molecule has 63 heavy (non-hydrogen) atoms. The number of carbonyl (C=O) groups excluding carboxylic acids is 5. The zero-order valence-corrected chi connectivity index (χ0v) is 35.2. The van der Waals surface area contributed by atoms with E-state index in [-0.39, 0.29) is 63.8 Å². The van der Waals surface area contributed by atoms with Crippen LogP contribution in [0.15, 0.2) is 71.2 Å². The number of carboxylic acid groups (broad SMARTS) is 1. The van der Waals surface area contributed by atoms with Gasteiger partial charge in [0.05, 0.1) is 48.0 Å². The molecule has 6 N–H and O–H groups in total. The number of hydrogen-bond acceptors (Lipinski definition) is 15. The molecule has 8 rings (SSSR count). The van der Waals surface area contributed by atoms with E-state index in [1.807, 2.05) is 0 Å². The Morgan fingerprint density at radius 1 is 0.841 bits per heavy atom. The maximum Gasteiger partial charge on any atom is 0.323 e. The fourth-order valence-electron chi connectivity index (χ4n) is 5.83. The number of anilines is 2. The maximum absolute atomic E-state index is 13.0. The number of Topliss-reactive ketones (excluding diaryl/α,β-unsaturated/α-hetero) is 1. The second-order valence-electron chi connectivity index (χ2n) is 13.6. The standard InChI is InChI=1S/C18H17BrN8O3.C10H12BrN3O.C9H8N4O3.2CH4/c19-13-5-20-6-14(24-13)25-15(29)7-27(11-1-2-11)16(30)8-26-4-3-12-17(23-10-28)21-9-22-18(12)26;11-10-6-12-4-8(14-10)3-9(15)5-13-7-1-2-7;10-8(16)7-5-1-2-13(3-6(14)15)9(5)12-4-11-7;;/h3-6,9-11H,1-2,7-8H2,(H,24,25,29)(H,21,22,23,28);4,6-7,13H,1-3,5H2;1-2,4H,3H2,(H2,10,16)(H,14,15);2*1H4. The lowest BCUT2D eigenvalue weighted by atomic mass is 10.2. The van der Waals surface area contributed by atoms with Crippen LogP contribution in [-0.4, -0.2) is 120 Å². The Bertz CT molecular complexity index is 2580. The van der Waals surface area contributed by atoms with E-state index in [0.29, 0.717) is 74.0 Å². The third-order valence-corrected chi connectivity index (χ3v) is 9.61. The van der Waals surface area contributed by atoms with Crippen LogP contribution in [0.1, 0.15) is 56.7 Å². The molecule has 0 radical (unpaired) electrons. The number of hydrogen-bond donors (Lipinski definition) is 5. The molecule has 6 aromatic rings. The summed E-state index contributed by atoms with van der Waals surface area (Å²) in [5.74, 6) is -1.36. The van der Waals surface area contributed by atoms with Gasteiger partial charge in [-0.2, -0.15) is 0 Å². The van der Waals surface area contributed by atoms with Crippen molar-refractivity contribution in [2.24, 2.45) is 5.73 Å². The van der Waals surface area contributed by atoms with Crippen LogP contribution >= 0.6 is 31.9 Å². The number of nitrogens with zero attached hydrogens (tertiary/aromatic N) is 11. The summed E-state index contributed by atoms with van der Waals surface area (Å²) in [6.07, 6.45) is 16.9. The lowest BCUT2D eigenvalue weighted by Crippen LogP contribution is -2.41. The van der Waals surface area contributed by atoms with Crippen molar-refractivity contribution in [1.82, 2.24) is 59.2 Å². The fraction of sp³-hybridized carbons (Fsp3) is 0.333. The molecule has 24 heteroatoms. The van der Waals surface area contributed by atoms with E-state index in [1.54, 1.807) is 40.2 Å². The van der Waals surface area contributed by atoms with Gasteiger partial charge in [-0.1, -0.05) is 14.9 Å². The van der Waals surface area contributed by atoms with E-state index in [9.17, 15) is 28.8 Å². The Hall–Kier alpha value is -6.66. The first-order chi connectivity index (χ1) is 29.4. The molecule has 22 nitrogen and oxygen atoms in total. The summed E-state index contributed by atoms with van der Waals surface area (Å²) >= 11 is 6.42. The van der Waals surface area contributed by atoms with Crippen LogP contribution in [0.4, 0.5) is 11.6 Å². The van der Waals surface area contributed by atoms with E-state index in [4.69, 9.17) is 10.8 Å². The monoisotopic (exact) mass is 993 g/mol. The third kappa shape index (κ3) is 14.2. The minimum absolute atomic E-state index is 0. The lowest BCUT2D eigenvalue weighted by molar-refractivity contribution is -0.137. The average molecular weight is 996 g/mol. The highest BCUT2D eigenvalue weighted by Crippen LogP contribution is 2.28. The topological polar surface area (TPSA) is 301 Å². The van der Waals surface area contributed by atoms with Gasteiger partial charge in [-0.3, -0.25) is 38.7 Å². The third-order valence-electron chi connectivity index (χ3n) is 8.85. The zero-order chi connectivity index (χ0) is 43.5. The SMILES string of the molecule is C.C.NC(=O)c1ncnc2c1ccn2CC(=O)O.O=C(CNC1CC1)Cc1cncc(Br)n1.O=CNc1ncnc2c1ccn2CC(=O)N(CC(=O)Nc1cncc(Br)n1)C1CC1. The largest absolute Gasteiger partial charge is 0.480 e. The van der Waals surface area contributed by atoms with Crippen molar-refractivity contribution in [2.45, 2.75) is 72.1 Å². The number of aliphatic carboxylic acids is 1. The molecule has 0 bridgehead atoms. The zero-order valence-electron chi connectivity index (χ0n) is 32.0. The molecular weight excluding hydrogens is 950 g/mol.